The molecule has 1 saturated heterocycles. The number of ether oxygens (including phenoxy) is 1. The number of rotatable bonds is 6. The highest BCUT2D eigenvalue weighted by Crippen LogP contribution is 2.28. The lowest BCUT2D eigenvalue weighted by molar-refractivity contribution is 0.122. The lowest BCUT2D eigenvalue weighted by Gasteiger charge is -2.32. The topological polar surface area (TPSA) is 36.9 Å². The van der Waals surface area contributed by atoms with E-state index in [9.17, 15) is 0 Å². The van der Waals surface area contributed by atoms with Crippen LogP contribution < -0.4 is 5.32 Å². The Bertz CT molecular complexity index is 281. The first-order valence-electron chi connectivity index (χ1n) is 7.83. The maximum atomic E-state index is 5.64. The summed E-state index contributed by atoms with van der Waals surface area (Å²) in [5.74, 6) is 2.80. The molecular formula is C15H29N3O. The molecule has 4 nitrogen and oxygen atoms in total. The third-order valence-electron chi connectivity index (χ3n) is 4.09. The first-order chi connectivity index (χ1) is 9.29. The highest BCUT2D eigenvalue weighted by molar-refractivity contribution is 5.79. The number of likely N-dealkylation sites (tertiary alicyclic amines) is 1. The van der Waals surface area contributed by atoms with Crippen LogP contribution in [0, 0.1) is 11.8 Å². The number of aliphatic imine (C=N–C) groups is 1. The van der Waals surface area contributed by atoms with Gasteiger partial charge in [-0.3, -0.25) is 4.99 Å². The van der Waals surface area contributed by atoms with Crippen molar-refractivity contribution in [1.29, 1.82) is 0 Å². The van der Waals surface area contributed by atoms with Gasteiger partial charge in [-0.1, -0.05) is 6.92 Å². The first-order valence-corrected chi connectivity index (χ1v) is 7.83. The molecule has 0 aromatic heterocycles. The molecule has 1 N–H and O–H groups in total. The van der Waals surface area contributed by atoms with Crippen LogP contribution in [0.15, 0.2) is 4.99 Å². The van der Waals surface area contributed by atoms with E-state index in [1.54, 1.807) is 0 Å². The Morgan fingerprint density at radius 2 is 2.00 bits per heavy atom. The zero-order chi connectivity index (χ0) is 13.5. The van der Waals surface area contributed by atoms with E-state index < -0.39 is 0 Å². The summed E-state index contributed by atoms with van der Waals surface area (Å²) in [5, 5.41) is 3.45. The highest BCUT2D eigenvalue weighted by Gasteiger charge is 2.21. The minimum atomic E-state index is 0.866. The Kier molecular flexibility index (Phi) is 5.95. The molecule has 0 atom stereocenters. The van der Waals surface area contributed by atoms with Crippen LogP contribution in [0.4, 0.5) is 0 Å². The highest BCUT2D eigenvalue weighted by atomic mass is 16.5. The number of piperidine rings is 1. The molecule has 0 amide bonds. The third-order valence-corrected chi connectivity index (χ3v) is 4.09. The molecule has 1 saturated carbocycles. The quantitative estimate of drug-likeness (QED) is 0.455. The van der Waals surface area contributed by atoms with Crippen LogP contribution in [0.1, 0.15) is 39.0 Å². The summed E-state index contributed by atoms with van der Waals surface area (Å²) in [5.41, 5.74) is 0. The van der Waals surface area contributed by atoms with Crippen molar-refractivity contribution in [1.82, 2.24) is 10.2 Å². The molecule has 1 aliphatic carbocycles. The summed E-state index contributed by atoms with van der Waals surface area (Å²) in [7, 11) is 1.88. The number of hydrogen-bond acceptors (Lipinski definition) is 2. The predicted octanol–water partition coefficient (Wildman–Crippen LogP) is 2.11. The molecule has 0 unspecified atom stereocenters. The lowest BCUT2D eigenvalue weighted by Crippen LogP contribution is -2.45. The fraction of sp³-hybridized carbons (Fsp3) is 0.933. The average molecular weight is 267 g/mol. The van der Waals surface area contributed by atoms with Crippen LogP contribution >= 0.6 is 0 Å². The molecule has 0 bridgehead atoms. The van der Waals surface area contributed by atoms with E-state index in [0.717, 1.165) is 57.1 Å². The Balaban J connectivity index is 1.54. The number of nitrogens with zero attached hydrogens (tertiary/aromatic N) is 2. The summed E-state index contributed by atoms with van der Waals surface area (Å²) in [6.07, 6.45) is 6.38. The molecule has 19 heavy (non-hydrogen) atoms. The second kappa shape index (κ2) is 7.73. The van der Waals surface area contributed by atoms with Crippen molar-refractivity contribution in [2.75, 3.05) is 39.9 Å². The van der Waals surface area contributed by atoms with Gasteiger partial charge < -0.3 is 15.0 Å². The van der Waals surface area contributed by atoms with Gasteiger partial charge in [0.05, 0.1) is 0 Å². The van der Waals surface area contributed by atoms with Crippen molar-refractivity contribution in [3.63, 3.8) is 0 Å². The van der Waals surface area contributed by atoms with Crippen molar-refractivity contribution >= 4 is 5.96 Å². The third kappa shape index (κ3) is 5.39. The fourth-order valence-electron chi connectivity index (χ4n) is 2.46. The fourth-order valence-corrected chi connectivity index (χ4v) is 2.46. The van der Waals surface area contributed by atoms with Crippen LogP contribution in [0.2, 0.25) is 0 Å². The number of guanidine groups is 1. The Labute approximate surface area is 117 Å². The van der Waals surface area contributed by atoms with Crippen LogP contribution in [0.25, 0.3) is 0 Å². The SMILES string of the molecule is CN=C(NCCCOCC1CC1)N1CCC(C)CC1. The van der Waals surface area contributed by atoms with Gasteiger partial charge in [0.15, 0.2) is 5.96 Å². The second-order valence-corrected chi connectivity index (χ2v) is 6.02. The second-order valence-electron chi connectivity index (χ2n) is 6.02. The predicted molar refractivity (Wildman–Crippen MR) is 79.5 cm³/mol. The van der Waals surface area contributed by atoms with Crippen LogP contribution in [0.3, 0.4) is 0 Å². The summed E-state index contributed by atoms with van der Waals surface area (Å²) < 4.78 is 5.64. The normalized spacial score (nSPS) is 21.8. The molecule has 0 aromatic rings. The van der Waals surface area contributed by atoms with Gasteiger partial charge in [0, 0.05) is 39.9 Å². The van der Waals surface area contributed by atoms with Crippen molar-refractivity contribution in [3.05, 3.63) is 0 Å². The average Bonchev–Trinajstić information content (AvgIpc) is 3.24. The summed E-state index contributed by atoms with van der Waals surface area (Å²) in [6.45, 7) is 7.42. The molecule has 1 heterocycles. The van der Waals surface area contributed by atoms with E-state index in [1.165, 1.54) is 25.7 Å². The Morgan fingerprint density at radius 3 is 2.63 bits per heavy atom. The van der Waals surface area contributed by atoms with Crippen molar-refractivity contribution < 1.29 is 4.74 Å². The Morgan fingerprint density at radius 1 is 1.26 bits per heavy atom. The molecule has 0 aromatic carbocycles. The molecule has 2 rings (SSSR count). The smallest absolute Gasteiger partial charge is 0.193 e. The van der Waals surface area contributed by atoms with E-state index in [-0.39, 0.29) is 0 Å². The van der Waals surface area contributed by atoms with Gasteiger partial charge in [-0.25, -0.2) is 0 Å². The van der Waals surface area contributed by atoms with Crippen molar-refractivity contribution in [2.45, 2.75) is 39.0 Å². The van der Waals surface area contributed by atoms with Crippen molar-refractivity contribution in [2.24, 2.45) is 16.8 Å². The Hall–Kier alpha value is -0.770. The molecule has 0 spiro atoms. The van der Waals surface area contributed by atoms with Gasteiger partial charge in [-0.15, -0.1) is 0 Å². The van der Waals surface area contributed by atoms with Gasteiger partial charge in [0.1, 0.15) is 0 Å². The number of nitrogens with one attached hydrogen (secondary N) is 1. The maximum absolute atomic E-state index is 5.64. The molecule has 110 valence electrons. The summed E-state index contributed by atoms with van der Waals surface area (Å²) in [4.78, 5) is 6.76. The van der Waals surface area contributed by atoms with E-state index in [1.807, 2.05) is 7.05 Å². The molecular weight excluding hydrogens is 238 g/mol. The lowest BCUT2D eigenvalue weighted by atomic mass is 10.00. The summed E-state index contributed by atoms with van der Waals surface area (Å²) in [6, 6.07) is 0. The van der Waals surface area contributed by atoms with Crippen LogP contribution in [-0.2, 0) is 4.74 Å². The van der Waals surface area contributed by atoms with Crippen LogP contribution in [-0.4, -0.2) is 50.8 Å². The van der Waals surface area contributed by atoms with Crippen molar-refractivity contribution in [3.8, 4) is 0 Å². The largest absolute Gasteiger partial charge is 0.381 e. The molecule has 1 aliphatic heterocycles. The zero-order valence-corrected chi connectivity index (χ0v) is 12.5. The minimum Gasteiger partial charge on any atom is -0.381 e. The monoisotopic (exact) mass is 267 g/mol. The standard InChI is InChI=1S/C15H29N3O/c1-13-6-9-18(10-7-13)15(16-2)17-8-3-11-19-12-14-4-5-14/h13-14H,3-12H2,1-2H3,(H,16,17). The number of hydrogen-bond donors (Lipinski definition) is 1. The zero-order valence-electron chi connectivity index (χ0n) is 12.5. The van der Waals surface area contributed by atoms with E-state index in [0.29, 0.717) is 0 Å². The first kappa shape index (κ1) is 14.6. The molecule has 2 aliphatic rings. The maximum Gasteiger partial charge on any atom is 0.193 e. The van der Waals surface area contributed by atoms with Gasteiger partial charge in [-0.2, -0.15) is 0 Å². The van der Waals surface area contributed by atoms with Gasteiger partial charge in [-0.05, 0) is 43.9 Å². The van der Waals surface area contributed by atoms with Crippen LogP contribution in [0.5, 0.6) is 0 Å². The molecule has 0 radical (unpaired) electrons. The van der Waals surface area contributed by atoms with E-state index >= 15 is 0 Å². The van der Waals surface area contributed by atoms with E-state index in [4.69, 9.17) is 4.74 Å². The summed E-state index contributed by atoms with van der Waals surface area (Å²) >= 11 is 0. The van der Waals surface area contributed by atoms with Gasteiger partial charge in [0.25, 0.3) is 0 Å². The van der Waals surface area contributed by atoms with Gasteiger partial charge in [0.2, 0.25) is 0 Å². The molecule has 4 heteroatoms. The van der Waals surface area contributed by atoms with E-state index in [2.05, 4.69) is 22.1 Å². The molecule has 2 fully saturated rings. The van der Waals surface area contributed by atoms with Gasteiger partial charge >= 0.3 is 0 Å². The minimum absolute atomic E-state index is 0.866.